The van der Waals surface area contributed by atoms with Crippen LogP contribution < -0.4 is 9.47 Å². The summed E-state index contributed by atoms with van der Waals surface area (Å²) in [4.78, 5) is 14.4. The molecule has 0 saturated heterocycles. The van der Waals surface area contributed by atoms with Gasteiger partial charge in [-0.2, -0.15) is 0 Å². The van der Waals surface area contributed by atoms with Crippen molar-refractivity contribution in [2.45, 2.75) is 13.0 Å². The zero-order valence-electron chi connectivity index (χ0n) is 13.7. The normalized spacial score (nSPS) is 12.1. The van der Waals surface area contributed by atoms with Crippen LogP contribution in [0, 0.1) is 0 Å². The van der Waals surface area contributed by atoms with E-state index in [1.807, 2.05) is 38.4 Å². The van der Waals surface area contributed by atoms with E-state index in [1.54, 1.807) is 25.3 Å². The average molecular weight is 378 g/mol. The van der Waals surface area contributed by atoms with Gasteiger partial charge >= 0.3 is 5.97 Å². The molecular formula is C18H20BrNO3. The smallest absolute Gasteiger partial charge is 0.344 e. The number of ether oxygens (including phenoxy) is 2. The largest absolute Gasteiger partial charge is 0.497 e. The molecule has 0 amide bonds. The Morgan fingerprint density at radius 1 is 1.13 bits per heavy atom. The van der Waals surface area contributed by atoms with Crippen LogP contribution in [0.15, 0.2) is 46.9 Å². The maximum Gasteiger partial charge on any atom is 0.344 e. The summed E-state index contributed by atoms with van der Waals surface area (Å²) in [5.41, 5.74) is 1.50. The summed E-state index contributed by atoms with van der Waals surface area (Å²) >= 11 is 3.36. The zero-order chi connectivity index (χ0) is 17.0. The average Bonchev–Trinajstić information content (AvgIpc) is 2.53. The fraction of sp³-hybridized carbons (Fsp3) is 0.278. The van der Waals surface area contributed by atoms with Crippen molar-refractivity contribution in [1.82, 2.24) is 4.90 Å². The molecule has 5 heteroatoms. The summed E-state index contributed by atoms with van der Waals surface area (Å²) in [5.74, 6) is 0.717. The quantitative estimate of drug-likeness (QED) is 0.575. The minimum absolute atomic E-state index is 0.172. The number of esters is 1. The van der Waals surface area contributed by atoms with Gasteiger partial charge in [0.15, 0.2) is 0 Å². The predicted molar refractivity (Wildman–Crippen MR) is 94.2 cm³/mol. The Hall–Kier alpha value is -1.85. The number of hydrogen-bond acceptors (Lipinski definition) is 4. The summed E-state index contributed by atoms with van der Waals surface area (Å²) in [6.07, 6.45) is 0. The highest BCUT2D eigenvalue weighted by Gasteiger charge is 2.15. The summed E-state index contributed by atoms with van der Waals surface area (Å²) in [7, 11) is 5.59. The van der Waals surface area contributed by atoms with E-state index in [0.29, 0.717) is 21.5 Å². The number of carbonyl (C=O) groups is 1. The minimum atomic E-state index is -0.408. The molecule has 2 aromatic carbocycles. The van der Waals surface area contributed by atoms with Crippen molar-refractivity contribution in [3.8, 4) is 11.5 Å². The van der Waals surface area contributed by atoms with Gasteiger partial charge in [-0.3, -0.25) is 0 Å². The van der Waals surface area contributed by atoms with Gasteiger partial charge in [-0.25, -0.2) is 4.79 Å². The number of carbonyl (C=O) groups excluding carboxylic acids is 1. The van der Waals surface area contributed by atoms with Gasteiger partial charge in [0.25, 0.3) is 0 Å². The van der Waals surface area contributed by atoms with Gasteiger partial charge in [0, 0.05) is 16.6 Å². The molecule has 0 aliphatic carbocycles. The maximum atomic E-state index is 12.3. The third-order valence-corrected chi connectivity index (χ3v) is 4.39. The first-order valence-corrected chi connectivity index (χ1v) is 8.03. The summed E-state index contributed by atoms with van der Waals surface area (Å²) in [6, 6.07) is 12.9. The lowest BCUT2D eigenvalue weighted by Crippen LogP contribution is -2.17. The fourth-order valence-electron chi connectivity index (χ4n) is 2.10. The van der Waals surface area contributed by atoms with Crippen LogP contribution in [0.5, 0.6) is 11.5 Å². The topological polar surface area (TPSA) is 38.8 Å². The van der Waals surface area contributed by atoms with Crippen LogP contribution in [-0.2, 0) is 0 Å². The molecule has 0 aromatic heterocycles. The SMILES string of the molecule is COc1cc(OC(=O)c2ccccc2Br)cc(C(C)N(C)C)c1. The molecule has 2 aromatic rings. The highest BCUT2D eigenvalue weighted by atomic mass is 79.9. The molecule has 0 aliphatic heterocycles. The molecule has 0 spiro atoms. The van der Waals surface area contributed by atoms with Gasteiger partial charge in [0.1, 0.15) is 11.5 Å². The summed E-state index contributed by atoms with van der Waals surface area (Å²) in [6.45, 7) is 2.08. The van der Waals surface area contributed by atoms with E-state index in [1.165, 1.54) is 0 Å². The molecule has 23 heavy (non-hydrogen) atoms. The second-order valence-electron chi connectivity index (χ2n) is 5.45. The maximum absolute atomic E-state index is 12.3. The Bertz CT molecular complexity index is 700. The molecular weight excluding hydrogens is 358 g/mol. The third kappa shape index (κ3) is 4.33. The number of nitrogens with zero attached hydrogens (tertiary/aromatic N) is 1. The highest BCUT2D eigenvalue weighted by molar-refractivity contribution is 9.10. The van der Waals surface area contributed by atoms with Crippen LogP contribution in [0.4, 0.5) is 0 Å². The molecule has 0 heterocycles. The lowest BCUT2D eigenvalue weighted by atomic mass is 10.1. The molecule has 4 nitrogen and oxygen atoms in total. The van der Waals surface area contributed by atoms with Crippen molar-refractivity contribution < 1.29 is 14.3 Å². The fourth-order valence-corrected chi connectivity index (χ4v) is 2.55. The van der Waals surface area contributed by atoms with Crippen LogP contribution in [0.1, 0.15) is 28.9 Å². The van der Waals surface area contributed by atoms with Crippen molar-refractivity contribution in [1.29, 1.82) is 0 Å². The molecule has 0 saturated carbocycles. The van der Waals surface area contributed by atoms with E-state index in [-0.39, 0.29) is 6.04 Å². The Kier molecular flexibility index (Phi) is 5.80. The Morgan fingerprint density at radius 3 is 2.39 bits per heavy atom. The van der Waals surface area contributed by atoms with Crippen LogP contribution in [0.3, 0.4) is 0 Å². The molecule has 122 valence electrons. The van der Waals surface area contributed by atoms with E-state index < -0.39 is 5.97 Å². The van der Waals surface area contributed by atoms with Gasteiger partial charge in [-0.05, 0) is 66.8 Å². The number of benzene rings is 2. The molecule has 0 bridgehead atoms. The van der Waals surface area contributed by atoms with Crippen molar-refractivity contribution in [3.05, 3.63) is 58.1 Å². The highest BCUT2D eigenvalue weighted by Crippen LogP contribution is 2.29. The zero-order valence-corrected chi connectivity index (χ0v) is 15.3. The van der Waals surface area contributed by atoms with Crippen LogP contribution in [0.2, 0.25) is 0 Å². The standard InChI is InChI=1S/C18H20BrNO3/c1-12(20(2)3)13-9-14(22-4)11-15(10-13)23-18(21)16-7-5-6-8-17(16)19/h5-12H,1-4H3. The molecule has 2 rings (SSSR count). The number of hydrogen-bond donors (Lipinski definition) is 0. The van der Waals surface area contributed by atoms with Crippen molar-refractivity contribution in [2.75, 3.05) is 21.2 Å². The molecule has 0 fully saturated rings. The summed E-state index contributed by atoms with van der Waals surface area (Å²) < 4.78 is 11.5. The molecule has 0 N–H and O–H groups in total. The van der Waals surface area contributed by atoms with Crippen molar-refractivity contribution in [2.24, 2.45) is 0 Å². The van der Waals surface area contributed by atoms with Gasteiger partial charge in [0.2, 0.25) is 0 Å². The Balaban J connectivity index is 2.30. The molecule has 0 radical (unpaired) electrons. The predicted octanol–water partition coefficient (Wildman–Crippen LogP) is 4.30. The Labute approximate surface area is 145 Å². The number of rotatable bonds is 5. The third-order valence-electron chi connectivity index (χ3n) is 3.70. The number of methoxy groups -OCH3 is 1. The van der Waals surface area contributed by atoms with Crippen molar-refractivity contribution >= 4 is 21.9 Å². The van der Waals surface area contributed by atoms with E-state index >= 15 is 0 Å². The van der Waals surface area contributed by atoms with E-state index in [2.05, 4.69) is 27.8 Å². The molecule has 1 unspecified atom stereocenters. The van der Waals surface area contributed by atoms with Gasteiger partial charge in [-0.1, -0.05) is 12.1 Å². The van der Waals surface area contributed by atoms with Gasteiger partial charge in [0.05, 0.1) is 12.7 Å². The monoisotopic (exact) mass is 377 g/mol. The van der Waals surface area contributed by atoms with E-state index in [0.717, 1.165) is 5.56 Å². The first kappa shape index (κ1) is 17.5. The molecule has 0 aliphatic rings. The van der Waals surface area contributed by atoms with E-state index in [9.17, 15) is 4.79 Å². The first-order chi connectivity index (χ1) is 10.9. The van der Waals surface area contributed by atoms with Crippen LogP contribution >= 0.6 is 15.9 Å². The number of halogens is 1. The summed E-state index contributed by atoms with van der Waals surface area (Å²) in [5, 5.41) is 0. The molecule has 1 atom stereocenters. The lowest BCUT2D eigenvalue weighted by molar-refractivity contribution is 0.0733. The van der Waals surface area contributed by atoms with Crippen molar-refractivity contribution in [3.63, 3.8) is 0 Å². The minimum Gasteiger partial charge on any atom is -0.497 e. The van der Waals surface area contributed by atoms with E-state index in [4.69, 9.17) is 9.47 Å². The Morgan fingerprint density at radius 2 is 1.78 bits per heavy atom. The second kappa shape index (κ2) is 7.62. The first-order valence-electron chi connectivity index (χ1n) is 7.24. The second-order valence-corrected chi connectivity index (χ2v) is 6.31. The van der Waals surface area contributed by atoms with Gasteiger partial charge < -0.3 is 14.4 Å². The lowest BCUT2D eigenvalue weighted by Gasteiger charge is -2.21. The van der Waals surface area contributed by atoms with Crippen LogP contribution in [-0.4, -0.2) is 32.1 Å². The van der Waals surface area contributed by atoms with Crippen LogP contribution in [0.25, 0.3) is 0 Å². The van der Waals surface area contributed by atoms with Gasteiger partial charge in [-0.15, -0.1) is 0 Å².